The molecule has 1 aliphatic heterocycles. The van der Waals surface area contributed by atoms with Crippen molar-refractivity contribution in [3.63, 3.8) is 0 Å². The summed E-state index contributed by atoms with van der Waals surface area (Å²) in [7, 11) is -3.26. The zero-order chi connectivity index (χ0) is 18.6. The molecular formula is C20H24N2O3S. The van der Waals surface area contributed by atoms with E-state index in [9.17, 15) is 13.2 Å². The van der Waals surface area contributed by atoms with Crippen LogP contribution in [-0.2, 0) is 16.4 Å². The molecule has 2 aromatic rings. The molecule has 5 nitrogen and oxygen atoms in total. The second kappa shape index (κ2) is 8.01. The van der Waals surface area contributed by atoms with Crippen molar-refractivity contribution in [1.82, 2.24) is 4.31 Å². The van der Waals surface area contributed by atoms with E-state index >= 15 is 0 Å². The van der Waals surface area contributed by atoms with Crippen LogP contribution in [0.15, 0.2) is 54.6 Å². The first-order valence-electron chi connectivity index (χ1n) is 8.83. The molecular weight excluding hydrogens is 348 g/mol. The maximum absolute atomic E-state index is 12.6. The smallest absolute Gasteiger partial charge is 0.214 e. The summed E-state index contributed by atoms with van der Waals surface area (Å²) in [5.41, 5.74) is 2.69. The highest BCUT2D eigenvalue weighted by Gasteiger charge is 2.26. The molecule has 0 bridgehead atoms. The van der Waals surface area contributed by atoms with Crippen LogP contribution in [0.25, 0.3) is 0 Å². The van der Waals surface area contributed by atoms with E-state index in [1.807, 2.05) is 48.5 Å². The molecule has 2 aromatic carbocycles. The monoisotopic (exact) mass is 372 g/mol. The lowest BCUT2D eigenvalue weighted by atomic mass is 10.1. The normalized spacial score (nSPS) is 15.8. The number of sulfonamides is 1. The van der Waals surface area contributed by atoms with Gasteiger partial charge in [-0.05, 0) is 31.0 Å². The number of carbonyl (C=O) groups excluding carboxylic acids is 1. The fourth-order valence-electron chi connectivity index (χ4n) is 3.17. The number of piperazine rings is 1. The summed E-state index contributed by atoms with van der Waals surface area (Å²) in [6.07, 6.45) is 0.532. The summed E-state index contributed by atoms with van der Waals surface area (Å²) in [6.45, 7) is 3.76. The van der Waals surface area contributed by atoms with Gasteiger partial charge in [-0.25, -0.2) is 8.42 Å². The fourth-order valence-corrected chi connectivity index (χ4v) is 4.64. The lowest BCUT2D eigenvalue weighted by Gasteiger charge is -2.35. The summed E-state index contributed by atoms with van der Waals surface area (Å²) >= 11 is 0. The summed E-state index contributed by atoms with van der Waals surface area (Å²) in [5.74, 6) is 0.172. The minimum Gasteiger partial charge on any atom is -0.369 e. The lowest BCUT2D eigenvalue weighted by Crippen LogP contribution is -2.49. The summed E-state index contributed by atoms with van der Waals surface area (Å²) < 4.78 is 26.8. The maximum Gasteiger partial charge on any atom is 0.214 e. The number of ketones is 1. The predicted octanol–water partition coefficient (Wildman–Crippen LogP) is 2.58. The zero-order valence-electron chi connectivity index (χ0n) is 15.0. The van der Waals surface area contributed by atoms with Crippen molar-refractivity contribution in [2.75, 3.05) is 36.8 Å². The number of aryl methyl sites for hydroxylation is 1. The Morgan fingerprint density at radius 3 is 2.31 bits per heavy atom. The highest BCUT2D eigenvalue weighted by Crippen LogP contribution is 2.20. The van der Waals surface area contributed by atoms with E-state index in [2.05, 4.69) is 4.90 Å². The highest BCUT2D eigenvalue weighted by molar-refractivity contribution is 7.89. The van der Waals surface area contributed by atoms with Crippen molar-refractivity contribution in [1.29, 1.82) is 0 Å². The predicted molar refractivity (Wildman–Crippen MR) is 104 cm³/mol. The van der Waals surface area contributed by atoms with E-state index in [1.165, 1.54) is 0 Å². The van der Waals surface area contributed by atoms with Gasteiger partial charge in [-0.15, -0.1) is 0 Å². The molecule has 0 aromatic heterocycles. The largest absolute Gasteiger partial charge is 0.369 e. The first kappa shape index (κ1) is 18.6. The van der Waals surface area contributed by atoms with E-state index in [1.54, 1.807) is 17.3 Å². The standard InChI is InChI=1S/C20H24N2O3S/c1-17(23)19-8-5-9-20(16-19)21-11-13-22(14-12-21)26(24,25)15-10-18-6-3-2-4-7-18/h2-9,16H,10-15H2,1H3. The topological polar surface area (TPSA) is 57.7 Å². The minimum atomic E-state index is -3.26. The quantitative estimate of drug-likeness (QED) is 0.732. The van der Waals surface area contributed by atoms with Gasteiger partial charge in [0.25, 0.3) is 0 Å². The van der Waals surface area contributed by atoms with Gasteiger partial charge in [0.15, 0.2) is 5.78 Å². The van der Waals surface area contributed by atoms with E-state index < -0.39 is 10.0 Å². The van der Waals surface area contributed by atoms with Crippen molar-refractivity contribution < 1.29 is 13.2 Å². The molecule has 0 atom stereocenters. The number of anilines is 1. The Labute approximate surface area is 155 Å². The van der Waals surface area contributed by atoms with Crippen molar-refractivity contribution in [3.8, 4) is 0 Å². The second-order valence-corrected chi connectivity index (χ2v) is 8.63. The number of hydrogen-bond acceptors (Lipinski definition) is 4. The van der Waals surface area contributed by atoms with Crippen LogP contribution in [0.5, 0.6) is 0 Å². The summed E-state index contributed by atoms with van der Waals surface area (Å²) in [4.78, 5) is 13.7. The van der Waals surface area contributed by atoms with Crippen LogP contribution in [0.3, 0.4) is 0 Å². The molecule has 1 fully saturated rings. The van der Waals surface area contributed by atoms with E-state index in [4.69, 9.17) is 0 Å². The number of nitrogens with zero attached hydrogens (tertiary/aromatic N) is 2. The molecule has 1 saturated heterocycles. The zero-order valence-corrected chi connectivity index (χ0v) is 15.8. The molecule has 0 radical (unpaired) electrons. The average Bonchev–Trinajstić information content (AvgIpc) is 2.67. The lowest BCUT2D eigenvalue weighted by molar-refractivity contribution is 0.101. The Hall–Kier alpha value is -2.18. The van der Waals surface area contributed by atoms with Crippen LogP contribution in [0.4, 0.5) is 5.69 Å². The van der Waals surface area contributed by atoms with E-state index in [-0.39, 0.29) is 11.5 Å². The van der Waals surface area contributed by atoms with Gasteiger partial charge in [0.2, 0.25) is 10.0 Å². The number of Topliss-reactive ketones (excluding diaryl/α,β-unsaturated/α-hetero) is 1. The molecule has 6 heteroatoms. The van der Waals surface area contributed by atoms with Gasteiger partial charge >= 0.3 is 0 Å². The van der Waals surface area contributed by atoms with Crippen LogP contribution in [0, 0.1) is 0 Å². The maximum atomic E-state index is 12.6. The van der Waals surface area contributed by atoms with Gasteiger partial charge in [0.05, 0.1) is 5.75 Å². The molecule has 0 aliphatic carbocycles. The first-order chi connectivity index (χ1) is 12.5. The molecule has 26 heavy (non-hydrogen) atoms. The third-order valence-electron chi connectivity index (χ3n) is 4.74. The van der Waals surface area contributed by atoms with Gasteiger partial charge < -0.3 is 4.90 Å². The van der Waals surface area contributed by atoms with Crippen molar-refractivity contribution in [2.24, 2.45) is 0 Å². The van der Waals surface area contributed by atoms with Crippen LogP contribution >= 0.6 is 0 Å². The minimum absolute atomic E-state index is 0.0361. The van der Waals surface area contributed by atoms with Gasteiger partial charge in [0.1, 0.15) is 0 Å². The molecule has 0 spiro atoms. The van der Waals surface area contributed by atoms with Crippen molar-refractivity contribution in [2.45, 2.75) is 13.3 Å². The van der Waals surface area contributed by atoms with E-state index in [0.29, 0.717) is 38.2 Å². The third-order valence-corrected chi connectivity index (χ3v) is 6.61. The first-order valence-corrected chi connectivity index (χ1v) is 10.4. The molecule has 0 saturated carbocycles. The SMILES string of the molecule is CC(=O)c1cccc(N2CCN(S(=O)(=O)CCc3ccccc3)CC2)c1. The molecule has 138 valence electrons. The number of carbonyl (C=O) groups is 1. The number of hydrogen-bond donors (Lipinski definition) is 0. The Morgan fingerprint density at radius 1 is 0.962 bits per heavy atom. The summed E-state index contributed by atoms with van der Waals surface area (Å²) in [5, 5.41) is 0. The molecule has 0 amide bonds. The Balaban J connectivity index is 1.59. The van der Waals surface area contributed by atoms with Gasteiger partial charge in [0, 0.05) is 37.4 Å². The average molecular weight is 372 g/mol. The van der Waals surface area contributed by atoms with Gasteiger partial charge in [-0.1, -0.05) is 42.5 Å². The molecule has 0 N–H and O–H groups in total. The van der Waals surface area contributed by atoms with Crippen LogP contribution in [-0.4, -0.2) is 50.4 Å². The van der Waals surface area contributed by atoms with Gasteiger partial charge in [-0.3, -0.25) is 4.79 Å². The molecule has 0 unspecified atom stereocenters. The van der Waals surface area contributed by atoms with Crippen LogP contribution in [0.1, 0.15) is 22.8 Å². The van der Waals surface area contributed by atoms with Crippen molar-refractivity contribution >= 4 is 21.5 Å². The molecule has 1 heterocycles. The van der Waals surface area contributed by atoms with Gasteiger partial charge in [-0.2, -0.15) is 4.31 Å². The fraction of sp³-hybridized carbons (Fsp3) is 0.350. The van der Waals surface area contributed by atoms with E-state index in [0.717, 1.165) is 11.3 Å². The molecule has 1 aliphatic rings. The van der Waals surface area contributed by atoms with Crippen molar-refractivity contribution in [3.05, 3.63) is 65.7 Å². The number of rotatable bonds is 6. The Kier molecular flexibility index (Phi) is 5.74. The third kappa shape index (κ3) is 4.51. The molecule has 3 rings (SSSR count). The van der Waals surface area contributed by atoms with Crippen LogP contribution < -0.4 is 4.90 Å². The Bertz CT molecular complexity index is 858. The van der Waals surface area contributed by atoms with Crippen LogP contribution in [0.2, 0.25) is 0 Å². The summed E-state index contributed by atoms with van der Waals surface area (Å²) in [6, 6.07) is 17.2. The second-order valence-electron chi connectivity index (χ2n) is 6.54. The number of benzene rings is 2. The highest BCUT2D eigenvalue weighted by atomic mass is 32.2. The Morgan fingerprint density at radius 2 is 1.65 bits per heavy atom.